The number of sulfonamides is 1. The van der Waals surface area contributed by atoms with Crippen LogP contribution in [0.4, 0.5) is 0 Å². The van der Waals surface area contributed by atoms with Crippen molar-refractivity contribution in [1.82, 2.24) is 4.72 Å². The largest absolute Gasteiger partial charge is 0.483 e. The Morgan fingerprint density at radius 3 is 2.24 bits per heavy atom. The molecule has 33 heavy (non-hydrogen) atoms. The van der Waals surface area contributed by atoms with Gasteiger partial charge in [-0.3, -0.25) is 0 Å². The summed E-state index contributed by atoms with van der Waals surface area (Å²) in [5.41, 5.74) is 1.71. The van der Waals surface area contributed by atoms with E-state index in [1.807, 2.05) is 58.0 Å². The van der Waals surface area contributed by atoms with Gasteiger partial charge in [-0.05, 0) is 58.2 Å². The van der Waals surface area contributed by atoms with Gasteiger partial charge in [0.15, 0.2) is 0 Å². The molecule has 6 nitrogen and oxygen atoms in total. The predicted octanol–water partition coefficient (Wildman–Crippen LogP) is 5.16. The number of alkyl halides is 1. The Labute approximate surface area is 205 Å². The summed E-state index contributed by atoms with van der Waals surface area (Å²) >= 11 is 5.99. The van der Waals surface area contributed by atoms with Crippen LogP contribution in [0.2, 0.25) is 0 Å². The van der Waals surface area contributed by atoms with Crippen LogP contribution in [0.15, 0.2) is 63.9 Å². The van der Waals surface area contributed by atoms with Gasteiger partial charge >= 0.3 is 0 Å². The predicted molar refractivity (Wildman–Crippen MR) is 136 cm³/mol. The summed E-state index contributed by atoms with van der Waals surface area (Å²) in [7, 11) is -3.98. The fourth-order valence-electron chi connectivity index (χ4n) is 3.20. The highest BCUT2D eigenvalue weighted by Crippen LogP contribution is 2.31. The van der Waals surface area contributed by atoms with Gasteiger partial charge < -0.3 is 4.74 Å². The SMILES string of the molecule is CO/C(=N\S(=O)C(C)(C)C)[C@H](CCCCl)[C@H](NS(=O)(=O)c1ccc(C)cc1)c1ccccc1. The topological polar surface area (TPSA) is 84.8 Å². The van der Waals surface area contributed by atoms with Gasteiger partial charge in [-0.1, -0.05) is 48.0 Å². The van der Waals surface area contributed by atoms with Gasteiger partial charge in [0, 0.05) is 5.88 Å². The molecular weight excluding hydrogens is 480 g/mol. The van der Waals surface area contributed by atoms with Crippen LogP contribution < -0.4 is 4.72 Å². The standard InChI is InChI=1S/C24H33ClN2O4S2/c1-18-13-15-20(16-14-18)33(29,30)27-22(19-10-7-6-8-11-19)21(12-9-17-25)23(31-5)26-32(28)24(2,3)4/h6-8,10-11,13-16,21-22,27H,9,12,17H2,1-5H3/b26-23-/t21-,22-,32?/m1/s1. The van der Waals surface area contributed by atoms with Crippen LogP contribution in [0.3, 0.4) is 0 Å². The summed E-state index contributed by atoms with van der Waals surface area (Å²) in [6.45, 7) is 7.36. The minimum atomic E-state index is -3.86. The van der Waals surface area contributed by atoms with Crippen molar-refractivity contribution in [3.05, 3.63) is 65.7 Å². The van der Waals surface area contributed by atoms with Gasteiger partial charge in [-0.15, -0.1) is 11.6 Å². The molecule has 0 fully saturated rings. The van der Waals surface area contributed by atoms with Crippen molar-refractivity contribution < 1.29 is 17.4 Å². The number of hydrogen-bond acceptors (Lipinski definition) is 4. The van der Waals surface area contributed by atoms with Gasteiger partial charge in [0.05, 0.1) is 28.7 Å². The average molecular weight is 513 g/mol. The van der Waals surface area contributed by atoms with Crippen LogP contribution in [-0.4, -0.2) is 36.3 Å². The van der Waals surface area contributed by atoms with Crippen LogP contribution in [0.5, 0.6) is 0 Å². The summed E-state index contributed by atoms with van der Waals surface area (Å²) in [5, 5.41) is 0. The van der Waals surface area contributed by atoms with Crippen LogP contribution in [0.1, 0.15) is 50.8 Å². The van der Waals surface area contributed by atoms with E-state index in [9.17, 15) is 12.6 Å². The van der Waals surface area contributed by atoms with E-state index in [1.54, 1.807) is 24.3 Å². The zero-order chi connectivity index (χ0) is 24.6. The molecule has 0 aromatic heterocycles. The second-order valence-corrected chi connectivity index (χ2v) is 12.8. The van der Waals surface area contributed by atoms with Gasteiger partial charge in [-0.25, -0.2) is 17.3 Å². The minimum absolute atomic E-state index is 0.166. The number of hydrogen-bond donors (Lipinski definition) is 1. The zero-order valence-corrected chi connectivity index (χ0v) is 22.1. The zero-order valence-electron chi connectivity index (χ0n) is 19.7. The summed E-state index contributed by atoms with van der Waals surface area (Å²) in [4.78, 5) is 0.166. The molecule has 0 aliphatic carbocycles. The maximum absolute atomic E-state index is 13.3. The molecule has 1 N–H and O–H groups in total. The van der Waals surface area contributed by atoms with Crippen molar-refractivity contribution >= 4 is 38.5 Å². The highest BCUT2D eigenvalue weighted by Gasteiger charge is 2.34. The molecule has 0 amide bonds. The molecule has 2 aromatic rings. The fourth-order valence-corrected chi connectivity index (χ4v) is 5.27. The maximum Gasteiger partial charge on any atom is 0.241 e. The quantitative estimate of drug-likeness (QED) is 0.271. The third kappa shape index (κ3) is 7.91. The monoisotopic (exact) mass is 512 g/mol. The number of nitrogens with zero attached hydrogens (tertiary/aromatic N) is 1. The molecule has 2 rings (SSSR count). The van der Waals surface area contributed by atoms with E-state index in [-0.39, 0.29) is 10.8 Å². The van der Waals surface area contributed by atoms with Crippen molar-refractivity contribution in [3.63, 3.8) is 0 Å². The Balaban J connectivity index is 2.58. The van der Waals surface area contributed by atoms with Crippen molar-refractivity contribution in [1.29, 1.82) is 0 Å². The number of rotatable bonds is 10. The second kappa shape index (κ2) is 12.1. The molecule has 9 heteroatoms. The van der Waals surface area contributed by atoms with Gasteiger partial charge in [0.2, 0.25) is 15.9 Å². The van der Waals surface area contributed by atoms with Crippen LogP contribution in [0, 0.1) is 12.8 Å². The molecular formula is C24H33ClN2O4S2. The lowest BCUT2D eigenvalue weighted by Crippen LogP contribution is -2.38. The molecule has 0 bridgehead atoms. The first-order valence-electron chi connectivity index (χ1n) is 10.7. The number of methoxy groups -OCH3 is 1. The molecule has 1 unspecified atom stereocenters. The van der Waals surface area contributed by atoms with E-state index in [4.69, 9.17) is 16.3 Å². The normalized spacial score (nSPS) is 15.6. The van der Waals surface area contributed by atoms with E-state index in [1.165, 1.54) is 7.11 Å². The first kappa shape index (κ1) is 27.5. The summed E-state index contributed by atoms with van der Waals surface area (Å²) in [5.74, 6) is 0.110. The highest BCUT2D eigenvalue weighted by molar-refractivity contribution is 7.89. The molecule has 182 valence electrons. The molecule has 3 atom stereocenters. The molecule has 0 aliphatic rings. The van der Waals surface area contributed by atoms with E-state index >= 15 is 0 Å². The number of halogens is 1. The highest BCUT2D eigenvalue weighted by atomic mass is 35.5. The molecule has 0 spiro atoms. The Bertz CT molecular complexity index is 1050. The van der Waals surface area contributed by atoms with Gasteiger partial charge in [-0.2, -0.15) is 4.40 Å². The Kier molecular flexibility index (Phi) is 10.1. The summed E-state index contributed by atoms with van der Waals surface area (Å²) in [6.07, 6.45) is 1.10. The van der Waals surface area contributed by atoms with E-state index in [2.05, 4.69) is 9.12 Å². The third-order valence-corrected chi connectivity index (χ3v) is 8.16. The Hall–Kier alpha value is -1.74. The number of nitrogens with one attached hydrogen (secondary N) is 1. The van der Waals surface area contributed by atoms with Crippen LogP contribution >= 0.6 is 11.6 Å². The molecule has 0 saturated heterocycles. The number of ether oxygens (including phenoxy) is 1. The molecule has 0 aliphatic heterocycles. The lowest BCUT2D eigenvalue weighted by atomic mass is 9.90. The Morgan fingerprint density at radius 1 is 1.12 bits per heavy atom. The van der Waals surface area contributed by atoms with Crippen LogP contribution in [0.25, 0.3) is 0 Å². The fraction of sp³-hybridized carbons (Fsp3) is 0.458. The first-order valence-corrected chi connectivity index (χ1v) is 13.9. The van der Waals surface area contributed by atoms with Crippen molar-refractivity contribution in [2.45, 2.75) is 56.2 Å². The average Bonchev–Trinajstić information content (AvgIpc) is 2.77. The van der Waals surface area contributed by atoms with E-state index in [0.29, 0.717) is 18.7 Å². The molecule has 0 heterocycles. The lowest BCUT2D eigenvalue weighted by Gasteiger charge is -2.29. The van der Waals surface area contributed by atoms with E-state index < -0.39 is 37.7 Å². The van der Waals surface area contributed by atoms with Gasteiger partial charge in [0.1, 0.15) is 11.0 Å². The Morgan fingerprint density at radius 2 is 1.73 bits per heavy atom. The van der Waals surface area contributed by atoms with Crippen molar-refractivity contribution in [2.75, 3.05) is 13.0 Å². The van der Waals surface area contributed by atoms with Crippen molar-refractivity contribution in [3.8, 4) is 0 Å². The van der Waals surface area contributed by atoms with Crippen molar-refractivity contribution in [2.24, 2.45) is 10.3 Å². The molecule has 0 radical (unpaired) electrons. The second-order valence-electron chi connectivity index (χ2n) is 8.76. The minimum Gasteiger partial charge on any atom is -0.483 e. The summed E-state index contributed by atoms with van der Waals surface area (Å²) in [6, 6.07) is 15.2. The number of aryl methyl sites for hydroxylation is 1. The lowest BCUT2D eigenvalue weighted by molar-refractivity contribution is 0.332. The summed E-state index contributed by atoms with van der Waals surface area (Å²) < 4.78 is 51.6. The van der Waals surface area contributed by atoms with Crippen LogP contribution in [-0.2, 0) is 25.7 Å². The number of benzene rings is 2. The third-order valence-electron chi connectivity index (χ3n) is 5.05. The molecule has 2 aromatic carbocycles. The smallest absolute Gasteiger partial charge is 0.241 e. The first-order chi connectivity index (χ1) is 15.5. The van der Waals surface area contributed by atoms with Gasteiger partial charge in [0.25, 0.3) is 0 Å². The maximum atomic E-state index is 13.3. The molecule has 0 saturated carbocycles. The van der Waals surface area contributed by atoms with E-state index in [0.717, 1.165) is 11.1 Å².